The van der Waals surface area contributed by atoms with Crippen LogP contribution in [0.15, 0.2) is 30.6 Å². The van der Waals surface area contributed by atoms with Gasteiger partial charge >= 0.3 is 0 Å². The van der Waals surface area contributed by atoms with Gasteiger partial charge in [0.15, 0.2) is 0 Å². The van der Waals surface area contributed by atoms with E-state index in [9.17, 15) is 0 Å². The van der Waals surface area contributed by atoms with E-state index in [0.29, 0.717) is 6.04 Å². The molecule has 6 nitrogen and oxygen atoms in total. The van der Waals surface area contributed by atoms with Crippen molar-refractivity contribution in [2.75, 3.05) is 27.2 Å². The Kier molecular flexibility index (Phi) is 5.83. The predicted octanol–water partition coefficient (Wildman–Crippen LogP) is 1.65. The maximum atomic E-state index is 3.92. The first-order chi connectivity index (χ1) is 10.2. The van der Waals surface area contributed by atoms with Crippen LogP contribution < -0.4 is 5.32 Å². The van der Waals surface area contributed by atoms with Gasteiger partial charge in [0.25, 0.3) is 0 Å². The average molecular weight is 288 g/mol. The van der Waals surface area contributed by atoms with Gasteiger partial charge in [-0.05, 0) is 75.1 Å². The zero-order valence-corrected chi connectivity index (χ0v) is 13.0. The molecule has 2 rings (SSSR count). The molecule has 0 saturated heterocycles. The highest BCUT2D eigenvalue weighted by Gasteiger charge is 2.06. The lowest BCUT2D eigenvalue weighted by Crippen LogP contribution is -2.21. The van der Waals surface area contributed by atoms with E-state index in [1.165, 1.54) is 18.4 Å². The van der Waals surface area contributed by atoms with E-state index in [4.69, 9.17) is 0 Å². The average Bonchev–Trinajstić information content (AvgIpc) is 3.01. The van der Waals surface area contributed by atoms with Crippen molar-refractivity contribution in [3.05, 3.63) is 36.2 Å². The highest BCUT2D eigenvalue weighted by molar-refractivity contribution is 5.35. The maximum absolute atomic E-state index is 3.92. The molecule has 21 heavy (non-hydrogen) atoms. The zero-order chi connectivity index (χ0) is 15.1. The van der Waals surface area contributed by atoms with Gasteiger partial charge in [0.2, 0.25) is 0 Å². The molecule has 2 aromatic rings. The molecule has 0 bridgehead atoms. The van der Waals surface area contributed by atoms with Crippen LogP contribution in [0.3, 0.4) is 0 Å². The van der Waals surface area contributed by atoms with Crippen LogP contribution in [0.4, 0.5) is 0 Å². The van der Waals surface area contributed by atoms with E-state index in [2.05, 4.69) is 58.9 Å². The lowest BCUT2D eigenvalue weighted by Gasteiger charge is -2.16. The molecule has 0 radical (unpaired) electrons. The van der Waals surface area contributed by atoms with E-state index in [-0.39, 0.29) is 0 Å². The van der Waals surface area contributed by atoms with Crippen LogP contribution in [-0.4, -0.2) is 52.3 Å². The molecule has 1 atom stereocenters. The Morgan fingerprint density at radius 3 is 2.86 bits per heavy atom. The molecule has 114 valence electrons. The highest BCUT2D eigenvalue weighted by atomic mass is 15.5. The molecule has 6 heteroatoms. The van der Waals surface area contributed by atoms with Crippen LogP contribution in [0.25, 0.3) is 5.69 Å². The SMILES string of the molecule is CC(NCCCCN(C)C)c1cccc(-n2cnnn2)c1. The number of tetrazole rings is 1. The van der Waals surface area contributed by atoms with Crippen molar-refractivity contribution in [1.29, 1.82) is 0 Å². The molecule has 1 aromatic carbocycles. The summed E-state index contributed by atoms with van der Waals surface area (Å²) in [6.45, 7) is 4.36. The van der Waals surface area contributed by atoms with Gasteiger partial charge in [-0.25, -0.2) is 4.68 Å². The number of hydrogen-bond donors (Lipinski definition) is 1. The van der Waals surface area contributed by atoms with E-state index in [0.717, 1.165) is 18.8 Å². The van der Waals surface area contributed by atoms with Gasteiger partial charge < -0.3 is 10.2 Å². The van der Waals surface area contributed by atoms with Crippen molar-refractivity contribution in [1.82, 2.24) is 30.4 Å². The molecule has 0 aliphatic heterocycles. The first-order valence-electron chi connectivity index (χ1n) is 7.38. The minimum atomic E-state index is 0.320. The first kappa shape index (κ1) is 15.6. The van der Waals surface area contributed by atoms with Gasteiger partial charge in [-0.15, -0.1) is 5.10 Å². The molecule has 1 heterocycles. The Balaban J connectivity index is 1.85. The number of aromatic nitrogens is 4. The van der Waals surface area contributed by atoms with Crippen molar-refractivity contribution in [2.24, 2.45) is 0 Å². The standard InChI is InChI=1S/C15H24N6/c1-13(16-9-4-5-10-20(2)3)14-7-6-8-15(11-14)21-12-17-18-19-21/h6-8,11-13,16H,4-5,9-10H2,1-3H3. The Morgan fingerprint density at radius 2 is 2.14 bits per heavy atom. The molecular formula is C15H24N6. The summed E-state index contributed by atoms with van der Waals surface area (Å²) >= 11 is 0. The zero-order valence-electron chi connectivity index (χ0n) is 13.0. The fraction of sp³-hybridized carbons (Fsp3) is 0.533. The summed E-state index contributed by atoms with van der Waals surface area (Å²) in [7, 11) is 4.22. The summed E-state index contributed by atoms with van der Waals surface area (Å²) in [6.07, 6.45) is 4.02. The number of hydrogen-bond acceptors (Lipinski definition) is 5. The molecule has 0 spiro atoms. The maximum Gasteiger partial charge on any atom is 0.143 e. The molecule has 0 saturated carbocycles. The number of benzene rings is 1. The fourth-order valence-corrected chi connectivity index (χ4v) is 2.21. The largest absolute Gasteiger partial charge is 0.310 e. The minimum Gasteiger partial charge on any atom is -0.310 e. The van der Waals surface area contributed by atoms with Crippen LogP contribution in [0.5, 0.6) is 0 Å². The summed E-state index contributed by atoms with van der Waals surface area (Å²) in [5, 5.41) is 14.8. The van der Waals surface area contributed by atoms with Gasteiger partial charge in [-0.1, -0.05) is 12.1 Å². The predicted molar refractivity (Wildman–Crippen MR) is 83.4 cm³/mol. The second-order valence-corrected chi connectivity index (χ2v) is 5.54. The van der Waals surface area contributed by atoms with Gasteiger partial charge in [0.05, 0.1) is 5.69 Å². The summed E-state index contributed by atoms with van der Waals surface area (Å²) in [5.41, 5.74) is 2.23. The van der Waals surface area contributed by atoms with Crippen molar-refractivity contribution in [2.45, 2.75) is 25.8 Å². The molecule has 0 amide bonds. The Hall–Kier alpha value is -1.79. The third-order valence-corrected chi connectivity index (χ3v) is 3.47. The second kappa shape index (κ2) is 7.85. The quantitative estimate of drug-likeness (QED) is 0.749. The summed E-state index contributed by atoms with van der Waals surface area (Å²) in [6, 6.07) is 8.61. The Morgan fingerprint density at radius 1 is 1.29 bits per heavy atom. The van der Waals surface area contributed by atoms with E-state index < -0.39 is 0 Å². The van der Waals surface area contributed by atoms with Gasteiger partial charge in [0, 0.05) is 6.04 Å². The first-order valence-corrected chi connectivity index (χ1v) is 7.38. The summed E-state index contributed by atoms with van der Waals surface area (Å²) < 4.78 is 1.67. The number of nitrogens with zero attached hydrogens (tertiary/aromatic N) is 5. The number of nitrogens with one attached hydrogen (secondary N) is 1. The molecule has 0 aliphatic carbocycles. The monoisotopic (exact) mass is 288 g/mol. The summed E-state index contributed by atoms with van der Waals surface area (Å²) in [4.78, 5) is 2.22. The third kappa shape index (κ3) is 4.91. The Bertz CT molecular complexity index is 523. The molecule has 0 aliphatic rings. The van der Waals surface area contributed by atoms with Crippen LogP contribution in [0.1, 0.15) is 31.4 Å². The van der Waals surface area contributed by atoms with Gasteiger partial charge in [-0.3, -0.25) is 0 Å². The van der Waals surface area contributed by atoms with Crippen molar-refractivity contribution in [3.8, 4) is 5.69 Å². The highest BCUT2D eigenvalue weighted by Crippen LogP contribution is 2.16. The van der Waals surface area contributed by atoms with Crippen molar-refractivity contribution < 1.29 is 0 Å². The van der Waals surface area contributed by atoms with Crippen LogP contribution in [0, 0.1) is 0 Å². The molecular weight excluding hydrogens is 264 g/mol. The van der Waals surface area contributed by atoms with Gasteiger partial charge in [-0.2, -0.15) is 0 Å². The van der Waals surface area contributed by atoms with E-state index in [1.54, 1.807) is 11.0 Å². The normalized spacial score (nSPS) is 12.8. The molecule has 1 unspecified atom stereocenters. The summed E-state index contributed by atoms with van der Waals surface area (Å²) in [5.74, 6) is 0. The van der Waals surface area contributed by atoms with Crippen LogP contribution >= 0.6 is 0 Å². The number of rotatable bonds is 8. The fourth-order valence-electron chi connectivity index (χ4n) is 2.21. The lowest BCUT2D eigenvalue weighted by atomic mass is 10.1. The molecule has 0 fully saturated rings. The minimum absolute atomic E-state index is 0.320. The smallest absolute Gasteiger partial charge is 0.143 e. The second-order valence-electron chi connectivity index (χ2n) is 5.54. The van der Waals surface area contributed by atoms with E-state index >= 15 is 0 Å². The third-order valence-electron chi connectivity index (χ3n) is 3.47. The van der Waals surface area contributed by atoms with Gasteiger partial charge in [0.1, 0.15) is 6.33 Å². The van der Waals surface area contributed by atoms with Crippen LogP contribution in [0.2, 0.25) is 0 Å². The molecule has 1 aromatic heterocycles. The molecule has 1 N–H and O–H groups in total. The Labute approximate surface area is 126 Å². The number of unbranched alkanes of at least 4 members (excludes halogenated alkanes) is 1. The topological polar surface area (TPSA) is 58.9 Å². The van der Waals surface area contributed by atoms with Crippen molar-refractivity contribution in [3.63, 3.8) is 0 Å². The lowest BCUT2D eigenvalue weighted by molar-refractivity contribution is 0.389. The van der Waals surface area contributed by atoms with Crippen LogP contribution in [-0.2, 0) is 0 Å². The van der Waals surface area contributed by atoms with E-state index in [1.807, 2.05) is 12.1 Å². The van der Waals surface area contributed by atoms with Crippen molar-refractivity contribution >= 4 is 0 Å².